The molecule has 0 fully saturated rings. The zero-order valence-electron chi connectivity index (χ0n) is 19.6. The monoisotopic (exact) mass is 464 g/mol. The average molecular weight is 465 g/mol. The maximum absolute atomic E-state index is 5.85. The fourth-order valence-corrected chi connectivity index (χ4v) is 5.56. The molecule has 0 amide bonds. The maximum Gasteiger partial charge on any atom is 0.107 e. The molecule has 0 saturated heterocycles. The molecule has 2 aromatic rings. The lowest BCUT2D eigenvalue weighted by Crippen LogP contribution is -2.09. The molecule has 2 aromatic carbocycles. The number of halogens is 2. The van der Waals surface area contributed by atoms with Crippen molar-refractivity contribution in [2.75, 3.05) is 6.16 Å². The van der Waals surface area contributed by atoms with Crippen molar-refractivity contribution in [3.8, 4) is 11.1 Å². The van der Waals surface area contributed by atoms with E-state index in [1.54, 1.807) is 0 Å². The first-order chi connectivity index (χ1) is 14.2. The third-order valence-electron chi connectivity index (χ3n) is 5.74. The van der Waals surface area contributed by atoms with E-state index >= 15 is 0 Å². The molecule has 0 aromatic heterocycles. The van der Waals surface area contributed by atoms with Crippen molar-refractivity contribution in [3.05, 3.63) is 53.1 Å². The van der Waals surface area contributed by atoms with Gasteiger partial charge in [-0.2, -0.15) is 0 Å². The van der Waals surface area contributed by atoms with E-state index in [9.17, 15) is 0 Å². The Balaban J connectivity index is 2.37. The van der Waals surface area contributed by atoms with Crippen LogP contribution in [-0.4, -0.2) is 11.0 Å². The van der Waals surface area contributed by atoms with E-state index in [0.717, 1.165) is 21.4 Å². The number of hydrogen-bond acceptors (Lipinski definition) is 0. The molecule has 0 aliphatic heterocycles. The van der Waals surface area contributed by atoms with Gasteiger partial charge in [0, 0.05) is 0 Å². The number of alkyl halides is 2. The zero-order chi connectivity index (χ0) is 22.3. The minimum atomic E-state index is -0.217. The predicted octanol–water partition coefficient (Wildman–Crippen LogP) is 9.39. The van der Waals surface area contributed by atoms with E-state index in [1.165, 1.54) is 52.1 Å². The summed E-state index contributed by atoms with van der Waals surface area (Å²) in [5, 5.41) is 1.51. The van der Waals surface area contributed by atoms with E-state index in [-0.39, 0.29) is 4.84 Å². The molecule has 0 N–H and O–H groups in total. The number of benzene rings is 2. The third-order valence-corrected chi connectivity index (χ3v) is 7.60. The Morgan fingerprint density at radius 3 is 1.90 bits per heavy atom. The van der Waals surface area contributed by atoms with Crippen LogP contribution in [0.3, 0.4) is 0 Å². The van der Waals surface area contributed by atoms with Crippen LogP contribution in [0, 0.1) is 0 Å². The molecular weight excluding hydrogens is 426 g/mol. The van der Waals surface area contributed by atoms with E-state index in [1.807, 2.05) is 0 Å². The summed E-state index contributed by atoms with van der Waals surface area (Å²) in [7, 11) is 0.841. The molecule has 1 atom stereocenters. The van der Waals surface area contributed by atoms with E-state index in [0.29, 0.717) is 17.8 Å². The van der Waals surface area contributed by atoms with Gasteiger partial charge in [0.2, 0.25) is 0 Å². The van der Waals surface area contributed by atoms with Gasteiger partial charge in [0.05, 0.1) is 0 Å². The van der Waals surface area contributed by atoms with Crippen LogP contribution in [0.1, 0.15) is 102 Å². The van der Waals surface area contributed by atoms with E-state index < -0.39 is 0 Å². The Kier molecular flexibility index (Phi) is 10.7. The average Bonchev–Trinajstić information content (AvgIpc) is 2.69. The molecule has 1 unspecified atom stereocenters. The van der Waals surface area contributed by atoms with Crippen LogP contribution in [0.4, 0.5) is 0 Å². The van der Waals surface area contributed by atoms with Gasteiger partial charge in [-0.25, -0.2) is 0 Å². The number of hydrogen-bond donors (Lipinski definition) is 0. The van der Waals surface area contributed by atoms with Gasteiger partial charge in [-0.05, 0) is 69.9 Å². The predicted molar refractivity (Wildman–Crippen MR) is 141 cm³/mol. The molecule has 166 valence electrons. The van der Waals surface area contributed by atoms with E-state index in [4.69, 9.17) is 23.2 Å². The minimum Gasteiger partial charge on any atom is -0.105 e. The fourth-order valence-electron chi connectivity index (χ4n) is 3.95. The van der Waals surface area contributed by atoms with Gasteiger partial charge in [-0.3, -0.25) is 0 Å². The van der Waals surface area contributed by atoms with Gasteiger partial charge in [-0.1, -0.05) is 99.4 Å². The molecule has 0 bridgehead atoms. The first-order valence-corrected chi connectivity index (χ1v) is 13.6. The molecule has 0 saturated carbocycles. The van der Waals surface area contributed by atoms with Gasteiger partial charge in [-0.15, -0.1) is 23.2 Å². The largest absolute Gasteiger partial charge is 0.107 e. The number of rotatable bonds is 11. The topological polar surface area (TPSA) is 0 Å². The molecule has 0 aliphatic carbocycles. The highest BCUT2D eigenvalue weighted by atomic mass is 35.5. The highest BCUT2D eigenvalue weighted by Crippen LogP contribution is 2.39. The Morgan fingerprint density at radius 2 is 1.37 bits per heavy atom. The maximum atomic E-state index is 5.85. The van der Waals surface area contributed by atoms with Gasteiger partial charge in [0.15, 0.2) is 0 Å². The summed E-state index contributed by atoms with van der Waals surface area (Å²) in [6.45, 7) is 13.9. The first-order valence-electron chi connectivity index (χ1n) is 11.5. The first kappa shape index (κ1) is 25.7. The summed E-state index contributed by atoms with van der Waals surface area (Å²) in [5.41, 5.74) is 7.39. The summed E-state index contributed by atoms with van der Waals surface area (Å²) in [4.78, 5) is -0.217. The number of unbranched alkanes of at least 4 members (excludes halogenated alkanes) is 2. The van der Waals surface area contributed by atoms with Gasteiger partial charge in [0.25, 0.3) is 0 Å². The van der Waals surface area contributed by atoms with Crippen molar-refractivity contribution in [2.24, 2.45) is 0 Å². The normalized spacial score (nSPS) is 12.4. The van der Waals surface area contributed by atoms with Crippen LogP contribution < -0.4 is 5.30 Å². The second-order valence-electron chi connectivity index (χ2n) is 9.25. The van der Waals surface area contributed by atoms with Crippen molar-refractivity contribution in [3.63, 3.8) is 0 Å². The molecule has 3 heteroatoms. The Hall–Kier alpha value is -0.550. The van der Waals surface area contributed by atoms with Gasteiger partial charge in [0.1, 0.15) is 4.84 Å². The molecule has 0 spiro atoms. The van der Waals surface area contributed by atoms with Crippen LogP contribution in [-0.2, 0) is 0 Å². The summed E-state index contributed by atoms with van der Waals surface area (Å²) in [5.74, 6) is 1.56. The molecule has 2 rings (SSSR count). The fraction of sp³-hybridized carbons (Fsp3) is 0.556. The van der Waals surface area contributed by atoms with Crippen LogP contribution in [0.2, 0.25) is 0 Å². The molecule has 30 heavy (non-hydrogen) atoms. The van der Waals surface area contributed by atoms with Crippen molar-refractivity contribution in [2.45, 2.75) is 89.8 Å². The van der Waals surface area contributed by atoms with Crippen LogP contribution >= 0.6 is 31.8 Å². The molecular formula is C27H39Cl2P. The third kappa shape index (κ3) is 7.25. The molecule has 0 aliphatic rings. The Bertz CT molecular complexity index is 764. The van der Waals surface area contributed by atoms with Crippen LogP contribution in [0.15, 0.2) is 36.4 Å². The van der Waals surface area contributed by atoms with Crippen molar-refractivity contribution < 1.29 is 0 Å². The van der Waals surface area contributed by atoms with E-state index in [2.05, 4.69) is 77.9 Å². The Morgan fingerprint density at radius 1 is 0.767 bits per heavy atom. The highest BCUT2D eigenvalue weighted by Gasteiger charge is 2.20. The summed E-state index contributed by atoms with van der Waals surface area (Å²) < 4.78 is 0. The SMILES string of the molecule is CC(C)c1cc(C(C)C)c(-c2ccccc2PCCCCCC(Cl)Cl)c(C(C)C)c1. The molecule has 0 radical (unpaired) electrons. The van der Waals surface area contributed by atoms with Crippen LogP contribution in [0.25, 0.3) is 11.1 Å². The summed E-state index contributed by atoms with van der Waals surface area (Å²) in [6, 6.07) is 14.0. The Labute approximate surface area is 196 Å². The summed E-state index contributed by atoms with van der Waals surface area (Å²) in [6.07, 6.45) is 5.72. The smallest absolute Gasteiger partial charge is 0.105 e. The molecule has 0 heterocycles. The van der Waals surface area contributed by atoms with Crippen molar-refractivity contribution in [1.29, 1.82) is 0 Å². The second-order valence-corrected chi connectivity index (χ2v) is 11.9. The van der Waals surface area contributed by atoms with Gasteiger partial charge < -0.3 is 0 Å². The lowest BCUT2D eigenvalue weighted by molar-refractivity contribution is 0.696. The van der Waals surface area contributed by atoms with Crippen molar-refractivity contribution in [1.82, 2.24) is 0 Å². The lowest BCUT2D eigenvalue weighted by Gasteiger charge is -2.24. The van der Waals surface area contributed by atoms with Gasteiger partial charge >= 0.3 is 0 Å². The highest BCUT2D eigenvalue weighted by molar-refractivity contribution is 7.47. The standard InChI is InChI=1S/C27H39Cl2P/c1-18(2)21-16-23(19(3)4)27(24(17-21)20(5)6)22-12-9-10-13-25(22)30-15-11-7-8-14-26(28)29/h9-10,12-13,16-20,26,30H,7-8,11,14-15H2,1-6H3. The quantitative estimate of drug-likeness (QED) is 0.176. The summed E-state index contributed by atoms with van der Waals surface area (Å²) >= 11 is 11.7. The zero-order valence-corrected chi connectivity index (χ0v) is 22.1. The molecule has 0 nitrogen and oxygen atoms in total. The minimum absolute atomic E-state index is 0.217. The van der Waals surface area contributed by atoms with Crippen molar-refractivity contribution >= 4 is 37.1 Å². The van der Waals surface area contributed by atoms with Crippen LogP contribution in [0.5, 0.6) is 0 Å². The second kappa shape index (κ2) is 12.5. The lowest BCUT2D eigenvalue weighted by atomic mass is 9.82.